The van der Waals surface area contributed by atoms with Crippen LogP contribution in [0.5, 0.6) is 5.75 Å². The van der Waals surface area contributed by atoms with Crippen molar-refractivity contribution in [2.45, 2.75) is 50.6 Å². The molecule has 0 bridgehead atoms. The summed E-state index contributed by atoms with van der Waals surface area (Å²) in [5.41, 5.74) is 2.01. The lowest BCUT2D eigenvalue weighted by Gasteiger charge is -2.30. The van der Waals surface area contributed by atoms with Crippen LogP contribution in [-0.2, 0) is 6.42 Å². The highest BCUT2D eigenvalue weighted by atomic mass is 16.3. The number of rotatable bonds is 8. The van der Waals surface area contributed by atoms with Gasteiger partial charge < -0.3 is 20.6 Å². The molecule has 1 aliphatic rings. The van der Waals surface area contributed by atoms with E-state index in [-0.39, 0.29) is 0 Å². The first-order chi connectivity index (χ1) is 15.1. The molecule has 1 aromatic heterocycles. The maximum Gasteiger partial charge on any atom is 0.225 e. The second kappa shape index (κ2) is 9.96. The van der Waals surface area contributed by atoms with Gasteiger partial charge in [-0.05, 0) is 68.8 Å². The Balaban J connectivity index is 1.25. The van der Waals surface area contributed by atoms with Crippen molar-refractivity contribution in [1.82, 2.24) is 15.3 Å². The molecule has 2 aromatic carbocycles. The molecular weight excluding hydrogens is 386 g/mol. The van der Waals surface area contributed by atoms with Gasteiger partial charge in [0.05, 0.1) is 5.52 Å². The van der Waals surface area contributed by atoms with Gasteiger partial charge in [0.15, 0.2) is 0 Å². The standard InChI is InChI=1S/C25H33N5O/c1-30(2)24-21-10-4-5-11-22(21)28-25(29-24)27-20-15-13-19(14-16-20)26-17-7-9-18-8-3-6-12-23(18)31/h3-6,8,10-12,19-20,26,31H,7,9,13-17H2,1-2H3,(H,27,28,29)/t19-,20+. The van der Waals surface area contributed by atoms with E-state index in [9.17, 15) is 5.11 Å². The van der Waals surface area contributed by atoms with Crippen LogP contribution in [0.15, 0.2) is 48.5 Å². The Morgan fingerprint density at radius 2 is 1.65 bits per heavy atom. The van der Waals surface area contributed by atoms with Crippen molar-refractivity contribution < 1.29 is 5.11 Å². The first-order valence-corrected chi connectivity index (χ1v) is 11.3. The highest BCUT2D eigenvalue weighted by Gasteiger charge is 2.22. The molecule has 0 radical (unpaired) electrons. The second-order valence-electron chi connectivity index (χ2n) is 8.66. The summed E-state index contributed by atoms with van der Waals surface area (Å²) in [6.07, 6.45) is 6.48. The van der Waals surface area contributed by atoms with Gasteiger partial charge in [-0.25, -0.2) is 4.98 Å². The highest BCUT2D eigenvalue weighted by molar-refractivity contribution is 5.90. The molecular formula is C25H33N5O. The van der Waals surface area contributed by atoms with E-state index in [0.717, 1.165) is 73.3 Å². The van der Waals surface area contributed by atoms with E-state index in [1.807, 2.05) is 55.4 Å². The van der Waals surface area contributed by atoms with Gasteiger partial charge in [0.2, 0.25) is 5.95 Å². The number of nitrogens with one attached hydrogen (secondary N) is 2. The van der Waals surface area contributed by atoms with E-state index in [1.165, 1.54) is 0 Å². The fourth-order valence-electron chi connectivity index (χ4n) is 4.40. The summed E-state index contributed by atoms with van der Waals surface area (Å²) in [4.78, 5) is 11.6. The van der Waals surface area contributed by atoms with Crippen molar-refractivity contribution >= 4 is 22.7 Å². The van der Waals surface area contributed by atoms with Crippen LogP contribution in [0.3, 0.4) is 0 Å². The van der Waals surface area contributed by atoms with Crippen molar-refractivity contribution in [2.75, 3.05) is 30.9 Å². The molecule has 3 N–H and O–H groups in total. The number of hydrogen-bond donors (Lipinski definition) is 3. The van der Waals surface area contributed by atoms with E-state index >= 15 is 0 Å². The Morgan fingerprint density at radius 3 is 2.42 bits per heavy atom. The quantitative estimate of drug-likeness (QED) is 0.472. The average molecular weight is 420 g/mol. The Kier molecular flexibility index (Phi) is 6.87. The number of phenols is 1. The zero-order valence-electron chi connectivity index (χ0n) is 18.5. The van der Waals surface area contributed by atoms with Gasteiger partial charge in [0.1, 0.15) is 11.6 Å². The summed E-state index contributed by atoms with van der Waals surface area (Å²) in [6, 6.07) is 16.8. The van der Waals surface area contributed by atoms with Gasteiger partial charge in [0, 0.05) is 31.6 Å². The topological polar surface area (TPSA) is 73.3 Å². The van der Waals surface area contributed by atoms with E-state index in [2.05, 4.69) is 16.7 Å². The van der Waals surface area contributed by atoms with Gasteiger partial charge in [-0.1, -0.05) is 30.3 Å². The molecule has 0 atom stereocenters. The normalized spacial score (nSPS) is 18.8. The van der Waals surface area contributed by atoms with Crippen LogP contribution in [0.25, 0.3) is 10.9 Å². The number of nitrogens with zero attached hydrogens (tertiary/aromatic N) is 3. The lowest BCUT2D eigenvalue weighted by atomic mass is 9.91. The van der Waals surface area contributed by atoms with Gasteiger partial charge in [-0.2, -0.15) is 4.98 Å². The third-order valence-electron chi connectivity index (χ3n) is 6.11. The molecule has 6 nitrogen and oxygen atoms in total. The van der Waals surface area contributed by atoms with Crippen molar-refractivity contribution in [3.8, 4) is 5.75 Å². The predicted octanol–water partition coefficient (Wildman–Crippen LogP) is 4.35. The number of aryl methyl sites for hydroxylation is 1. The molecule has 0 saturated heterocycles. The maximum absolute atomic E-state index is 9.87. The highest BCUT2D eigenvalue weighted by Crippen LogP contribution is 2.26. The maximum atomic E-state index is 9.87. The fourth-order valence-corrected chi connectivity index (χ4v) is 4.40. The predicted molar refractivity (Wildman–Crippen MR) is 128 cm³/mol. The number of hydrogen-bond acceptors (Lipinski definition) is 6. The van der Waals surface area contributed by atoms with Crippen LogP contribution in [0, 0.1) is 0 Å². The Morgan fingerprint density at radius 1 is 0.935 bits per heavy atom. The molecule has 0 aliphatic heterocycles. The number of para-hydroxylation sites is 2. The van der Waals surface area contributed by atoms with Crippen molar-refractivity contribution in [3.05, 3.63) is 54.1 Å². The number of phenolic OH excluding ortho intramolecular Hbond substituents is 1. The van der Waals surface area contributed by atoms with Gasteiger partial charge in [-0.15, -0.1) is 0 Å². The SMILES string of the molecule is CN(C)c1nc(N[C@H]2CC[C@@H](NCCCc3ccccc3O)CC2)nc2ccccc12. The van der Waals surface area contributed by atoms with Gasteiger partial charge >= 0.3 is 0 Å². The number of anilines is 2. The summed E-state index contributed by atoms with van der Waals surface area (Å²) in [5.74, 6) is 2.08. The smallest absolute Gasteiger partial charge is 0.225 e. The van der Waals surface area contributed by atoms with Crippen molar-refractivity contribution in [3.63, 3.8) is 0 Å². The fraction of sp³-hybridized carbons (Fsp3) is 0.440. The zero-order chi connectivity index (χ0) is 21.6. The van der Waals surface area contributed by atoms with Crippen LogP contribution < -0.4 is 15.5 Å². The Bertz CT molecular complexity index is 998. The minimum absolute atomic E-state index is 0.405. The molecule has 1 saturated carbocycles. The van der Waals surface area contributed by atoms with E-state index < -0.39 is 0 Å². The molecule has 0 unspecified atom stereocenters. The van der Waals surface area contributed by atoms with Crippen LogP contribution in [-0.4, -0.2) is 47.8 Å². The molecule has 164 valence electrons. The van der Waals surface area contributed by atoms with E-state index in [0.29, 0.717) is 17.8 Å². The number of fused-ring (bicyclic) bond motifs is 1. The lowest BCUT2D eigenvalue weighted by Crippen LogP contribution is -2.37. The molecule has 31 heavy (non-hydrogen) atoms. The minimum Gasteiger partial charge on any atom is -0.508 e. The minimum atomic E-state index is 0.405. The molecule has 0 amide bonds. The third-order valence-corrected chi connectivity index (χ3v) is 6.11. The number of aromatic nitrogens is 2. The van der Waals surface area contributed by atoms with E-state index in [1.54, 1.807) is 6.07 Å². The summed E-state index contributed by atoms with van der Waals surface area (Å²) < 4.78 is 0. The second-order valence-corrected chi connectivity index (χ2v) is 8.66. The molecule has 6 heteroatoms. The summed E-state index contributed by atoms with van der Waals surface area (Å²) >= 11 is 0. The van der Waals surface area contributed by atoms with Crippen molar-refractivity contribution in [2.24, 2.45) is 0 Å². The number of benzene rings is 2. The van der Waals surface area contributed by atoms with Crippen LogP contribution in [0.1, 0.15) is 37.7 Å². The first kappa shape index (κ1) is 21.4. The Hall–Kier alpha value is -2.86. The molecule has 1 aliphatic carbocycles. The van der Waals surface area contributed by atoms with Crippen LogP contribution in [0.4, 0.5) is 11.8 Å². The summed E-state index contributed by atoms with van der Waals surface area (Å²) in [5, 5.41) is 18.2. The average Bonchev–Trinajstić information content (AvgIpc) is 2.78. The van der Waals surface area contributed by atoms with Crippen LogP contribution >= 0.6 is 0 Å². The van der Waals surface area contributed by atoms with E-state index in [4.69, 9.17) is 9.97 Å². The molecule has 4 rings (SSSR count). The molecule has 0 spiro atoms. The third kappa shape index (κ3) is 5.44. The Labute approximate surface area is 184 Å². The van der Waals surface area contributed by atoms with Crippen molar-refractivity contribution in [1.29, 1.82) is 0 Å². The number of aromatic hydroxyl groups is 1. The largest absolute Gasteiger partial charge is 0.508 e. The monoisotopic (exact) mass is 419 g/mol. The van der Waals surface area contributed by atoms with Gasteiger partial charge in [0.25, 0.3) is 0 Å². The summed E-state index contributed by atoms with van der Waals surface area (Å²) in [6.45, 7) is 0.983. The van der Waals surface area contributed by atoms with Gasteiger partial charge in [-0.3, -0.25) is 0 Å². The lowest BCUT2D eigenvalue weighted by molar-refractivity contribution is 0.352. The molecule has 3 aromatic rings. The zero-order valence-corrected chi connectivity index (χ0v) is 18.5. The van der Waals surface area contributed by atoms with Crippen LogP contribution in [0.2, 0.25) is 0 Å². The molecule has 1 fully saturated rings. The first-order valence-electron chi connectivity index (χ1n) is 11.3. The molecule has 1 heterocycles. The summed E-state index contributed by atoms with van der Waals surface area (Å²) in [7, 11) is 4.04.